The Balaban J connectivity index is 1.34. The topological polar surface area (TPSA) is 26.0 Å². The molecule has 0 bridgehead atoms. The Labute approximate surface area is 266 Å². The standard InChI is InChI=1S/C43H37NO/c1-28-21-29(2)23-35(22-28)38-17-13-34(40-26-32(19-20-44-40)30-9-7-6-8-10-30)25-39(38)33-14-18-41-36(24-33)27-42(45-41)31-11-15-37(16-12-31)43(3,4)5/h6-27H,1-5H3. The van der Waals surface area contributed by atoms with Crippen LogP contribution < -0.4 is 0 Å². The largest absolute Gasteiger partial charge is 0.456 e. The lowest BCUT2D eigenvalue weighted by molar-refractivity contribution is 0.590. The second-order valence-corrected chi connectivity index (χ2v) is 13.1. The number of hydrogen-bond acceptors (Lipinski definition) is 2. The van der Waals surface area contributed by atoms with Crippen molar-refractivity contribution in [2.75, 3.05) is 0 Å². The Hall–Kier alpha value is -5.21. The Bertz CT molecular complexity index is 2120. The number of rotatable bonds is 5. The Kier molecular flexibility index (Phi) is 7.22. The molecule has 0 aliphatic carbocycles. The number of aryl methyl sites for hydroxylation is 2. The molecule has 0 amide bonds. The van der Waals surface area contributed by atoms with Crippen LogP contribution in [0.1, 0.15) is 37.5 Å². The zero-order valence-electron chi connectivity index (χ0n) is 26.6. The Morgan fingerprint density at radius 3 is 1.96 bits per heavy atom. The summed E-state index contributed by atoms with van der Waals surface area (Å²) in [6.45, 7) is 11.0. The summed E-state index contributed by atoms with van der Waals surface area (Å²) in [5.41, 5.74) is 15.0. The molecule has 0 aliphatic heterocycles. The van der Waals surface area contributed by atoms with Crippen molar-refractivity contribution in [3.05, 3.63) is 150 Å². The van der Waals surface area contributed by atoms with Crippen molar-refractivity contribution in [2.24, 2.45) is 0 Å². The van der Waals surface area contributed by atoms with Crippen LogP contribution in [0.15, 0.2) is 138 Å². The highest BCUT2D eigenvalue weighted by atomic mass is 16.3. The minimum absolute atomic E-state index is 0.113. The summed E-state index contributed by atoms with van der Waals surface area (Å²) < 4.78 is 6.36. The Morgan fingerprint density at radius 1 is 0.511 bits per heavy atom. The van der Waals surface area contributed by atoms with E-state index in [9.17, 15) is 0 Å². The second kappa shape index (κ2) is 11.4. The fraction of sp³-hybridized carbons (Fsp3) is 0.140. The van der Waals surface area contributed by atoms with Crippen LogP contribution in [-0.4, -0.2) is 4.98 Å². The van der Waals surface area contributed by atoms with E-state index in [4.69, 9.17) is 9.40 Å². The lowest BCUT2D eigenvalue weighted by atomic mass is 9.86. The molecule has 0 fully saturated rings. The minimum atomic E-state index is 0.113. The van der Waals surface area contributed by atoms with Crippen molar-refractivity contribution < 1.29 is 4.42 Å². The molecule has 0 saturated heterocycles. The molecule has 7 rings (SSSR count). The number of pyridine rings is 1. The zero-order valence-corrected chi connectivity index (χ0v) is 26.6. The monoisotopic (exact) mass is 583 g/mol. The fourth-order valence-electron chi connectivity index (χ4n) is 6.21. The summed E-state index contributed by atoms with van der Waals surface area (Å²) >= 11 is 0. The van der Waals surface area contributed by atoms with Crippen molar-refractivity contribution in [1.82, 2.24) is 4.98 Å². The summed E-state index contributed by atoms with van der Waals surface area (Å²) in [6, 6.07) is 45.7. The highest BCUT2D eigenvalue weighted by molar-refractivity contribution is 5.93. The average Bonchev–Trinajstić information content (AvgIpc) is 3.48. The van der Waals surface area contributed by atoms with Gasteiger partial charge in [0, 0.05) is 22.7 Å². The molecule has 220 valence electrons. The van der Waals surface area contributed by atoms with Crippen LogP contribution in [0.4, 0.5) is 0 Å². The van der Waals surface area contributed by atoms with Crippen LogP contribution in [0.5, 0.6) is 0 Å². The van der Waals surface area contributed by atoms with Gasteiger partial charge in [0.15, 0.2) is 0 Å². The first kappa shape index (κ1) is 28.6. The van der Waals surface area contributed by atoms with Gasteiger partial charge < -0.3 is 4.42 Å². The molecule has 0 atom stereocenters. The molecule has 45 heavy (non-hydrogen) atoms. The number of hydrogen-bond donors (Lipinski definition) is 0. The van der Waals surface area contributed by atoms with Gasteiger partial charge in [-0.15, -0.1) is 0 Å². The molecule has 2 heteroatoms. The van der Waals surface area contributed by atoms with E-state index < -0.39 is 0 Å². The number of furan rings is 1. The van der Waals surface area contributed by atoms with E-state index in [2.05, 4.69) is 156 Å². The summed E-state index contributed by atoms with van der Waals surface area (Å²) in [6.07, 6.45) is 1.91. The lowest BCUT2D eigenvalue weighted by Gasteiger charge is -2.18. The van der Waals surface area contributed by atoms with Crippen LogP contribution in [0, 0.1) is 13.8 Å². The van der Waals surface area contributed by atoms with Crippen molar-refractivity contribution in [2.45, 2.75) is 40.0 Å². The molecule has 0 saturated carbocycles. The van der Waals surface area contributed by atoms with Gasteiger partial charge in [0.25, 0.3) is 0 Å². The van der Waals surface area contributed by atoms with Crippen molar-refractivity contribution in [3.8, 4) is 56.0 Å². The maximum Gasteiger partial charge on any atom is 0.135 e. The molecule has 7 aromatic rings. The molecule has 2 heterocycles. The first-order valence-corrected chi connectivity index (χ1v) is 15.6. The zero-order chi connectivity index (χ0) is 31.1. The van der Waals surface area contributed by atoms with Gasteiger partial charge in [0.05, 0.1) is 5.69 Å². The number of fused-ring (bicyclic) bond motifs is 1. The predicted molar refractivity (Wildman–Crippen MR) is 189 cm³/mol. The van der Waals surface area contributed by atoms with Gasteiger partial charge in [-0.1, -0.05) is 123 Å². The normalized spacial score (nSPS) is 11.7. The van der Waals surface area contributed by atoms with Crippen LogP contribution in [-0.2, 0) is 5.41 Å². The van der Waals surface area contributed by atoms with Crippen LogP contribution in [0.2, 0.25) is 0 Å². The van der Waals surface area contributed by atoms with Gasteiger partial charge in [-0.05, 0) is 94.6 Å². The molecule has 5 aromatic carbocycles. The molecule has 0 unspecified atom stereocenters. The highest BCUT2D eigenvalue weighted by Gasteiger charge is 2.16. The third kappa shape index (κ3) is 5.84. The van der Waals surface area contributed by atoms with Crippen LogP contribution >= 0.6 is 0 Å². The first-order chi connectivity index (χ1) is 21.7. The van der Waals surface area contributed by atoms with Crippen molar-refractivity contribution >= 4 is 11.0 Å². The predicted octanol–water partition coefficient (Wildman–Crippen LogP) is 12.1. The van der Waals surface area contributed by atoms with Crippen molar-refractivity contribution in [3.63, 3.8) is 0 Å². The van der Waals surface area contributed by atoms with E-state index >= 15 is 0 Å². The average molecular weight is 584 g/mol. The lowest BCUT2D eigenvalue weighted by Crippen LogP contribution is -2.10. The molecule has 0 radical (unpaired) electrons. The molecular formula is C43H37NO. The first-order valence-electron chi connectivity index (χ1n) is 15.6. The number of aromatic nitrogens is 1. The molecule has 2 nitrogen and oxygen atoms in total. The van der Waals surface area contributed by atoms with E-state index in [0.29, 0.717) is 0 Å². The molecule has 0 spiro atoms. The van der Waals surface area contributed by atoms with Gasteiger partial charge in [-0.3, -0.25) is 4.98 Å². The summed E-state index contributed by atoms with van der Waals surface area (Å²) in [5, 5.41) is 1.09. The van der Waals surface area contributed by atoms with Gasteiger partial charge >= 0.3 is 0 Å². The van der Waals surface area contributed by atoms with E-state index in [1.54, 1.807) is 0 Å². The fourth-order valence-corrected chi connectivity index (χ4v) is 6.21. The molecule has 0 N–H and O–H groups in total. The smallest absolute Gasteiger partial charge is 0.135 e. The van der Waals surface area contributed by atoms with Crippen molar-refractivity contribution in [1.29, 1.82) is 0 Å². The maximum absolute atomic E-state index is 6.36. The van der Waals surface area contributed by atoms with Gasteiger partial charge in [-0.2, -0.15) is 0 Å². The molecular weight excluding hydrogens is 546 g/mol. The second-order valence-electron chi connectivity index (χ2n) is 13.1. The third-order valence-electron chi connectivity index (χ3n) is 8.58. The molecule has 0 aliphatic rings. The van der Waals surface area contributed by atoms with E-state index in [1.807, 2.05) is 12.3 Å². The van der Waals surface area contributed by atoms with Crippen LogP contribution in [0.3, 0.4) is 0 Å². The SMILES string of the molecule is Cc1cc(C)cc(-c2ccc(-c3cc(-c4ccccc4)ccn3)cc2-c2ccc3oc(-c4ccc(C(C)(C)C)cc4)cc3c2)c1. The minimum Gasteiger partial charge on any atom is -0.456 e. The molecule has 2 aromatic heterocycles. The van der Waals surface area contributed by atoms with Gasteiger partial charge in [0.2, 0.25) is 0 Å². The Morgan fingerprint density at radius 2 is 1.22 bits per heavy atom. The third-order valence-corrected chi connectivity index (χ3v) is 8.58. The van der Waals surface area contributed by atoms with Crippen LogP contribution in [0.25, 0.3) is 66.9 Å². The van der Waals surface area contributed by atoms with Gasteiger partial charge in [-0.25, -0.2) is 0 Å². The highest BCUT2D eigenvalue weighted by Crippen LogP contribution is 2.39. The van der Waals surface area contributed by atoms with E-state index in [0.717, 1.165) is 44.7 Å². The quantitative estimate of drug-likeness (QED) is 0.201. The van der Waals surface area contributed by atoms with Gasteiger partial charge in [0.1, 0.15) is 11.3 Å². The summed E-state index contributed by atoms with van der Waals surface area (Å²) in [7, 11) is 0. The van der Waals surface area contributed by atoms with E-state index in [1.165, 1.54) is 38.9 Å². The maximum atomic E-state index is 6.36. The summed E-state index contributed by atoms with van der Waals surface area (Å²) in [4.78, 5) is 4.79. The van der Waals surface area contributed by atoms with E-state index in [-0.39, 0.29) is 5.41 Å². The number of nitrogens with zero attached hydrogens (tertiary/aromatic N) is 1. The number of benzene rings is 5. The summed E-state index contributed by atoms with van der Waals surface area (Å²) in [5.74, 6) is 0.882.